The van der Waals surface area contributed by atoms with Gasteiger partial charge in [-0.3, -0.25) is 4.79 Å². The van der Waals surface area contributed by atoms with Crippen molar-refractivity contribution in [3.8, 4) is 0 Å². The van der Waals surface area contributed by atoms with Gasteiger partial charge in [-0.05, 0) is 37.8 Å². The molecule has 0 aromatic carbocycles. The van der Waals surface area contributed by atoms with E-state index in [4.69, 9.17) is 5.11 Å². The Morgan fingerprint density at radius 2 is 2.28 bits per heavy atom. The lowest BCUT2D eigenvalue weighted by Gasteiger charge is -2.35. The quantitative estimate of drug-likeness (QED) is 0.882. The van der Waals surface area contributed by atoms with E-state index in [1.165, 1.54) is 0 Å². The van der Waals surface area contributed by atoms with E-state index in [9.17, 15) is 4.79 Å². The number of carbonyl (C=O) groups is 1. The van der Waals surface area contributed by atoms with E-state index in [-0.39, 0.29) is 12.5 Å². The minimum Gasteiger partial charge on any atom is -0.481 e. The minimum absolute atomic E-state index is 0.0537. The number of aryl methyl sites for hydroxylation is 1. The van der Waals surface area contributed by atoms with Crippen LogP contribution in [0.4, 0.5) is 5.82 Å². The van der Waals surface area contributed by atoms with Gasteiger partial charge in [-0.2, -0.15) is 5.10 Å². The molecular weight excluding hydrogens is 230 g/mol. The molecule has 1 aromatic rings. The van der Waals surface area contributed by atoms with E-state index in [2.05, 4.69) is 15.1 Å². The first kappa shape index (κ1) is 12.8. The highest BCUT2D eigenvalue weighted by Gasteiger charge is 2.25. The van der Waals surface area contributed by atoms with Crippen LogP contribution in [0.15, 0.2) is 12.1 Å². The zero-order valence-corrected chi connectivity index (χ0v) is 10.7. The van der Waals surface area contributed by atoms with Crippen molar-refractivity contribution in [3.05, 3.63) is 17.8 Å². The Labute approximate surface area is 107 Å². The zero-order chi connectivity index (χ0) is 13.0. The highest BCUT2D eigenvalue weighted by atomic mass is 16.4. The van der Waals surface area contributed by atoms with Crippen molar-refractivity contribution in [2.45, 2.75) is 45.1 Å². The fraction of sp³-hybridized carbons (Fsp3) is 0.615. The van der Waals surface area contributed by atoms with Crippen molar-refractivity contribution in [3.63, 3.8) is 0 Å². The summed E-state index contributed by atoms with van der Waals surface area (Å²) in [5.41, 5.74) is 0.963. The number of nitrogens with zero attached hydrogens (tertiary/aromatic N) is 3. The summed E-state index contributed by atoms with van der Waals surface area (Å²) in [6, 6.07) is 3.97. The summed E-state index contributed by atoms with van der Waals surface area (Å²) in [6.07, 6.45) is 4.15. The molecule has 98 valence electrons. The van der Waals surface area contributed by atoms with Crippen molar-refractivity contribution in [1.29, 1.82) is 0 Å². The lowest BCUT2D eigenvalue weighted by molar-refractivity contribution is -0.137. The molecule has 1 N–H and O–H groups in total. The Morgan fingerprint density at radius 3 is 2.89 bits per heavy atom. The Morgan fingerprint density at radius 1 is 1.44 bits per heavy atom. The van der Waals surface area contributed by atoms with Crippen LogP contribution in [0.2, 0.25) is 0 Å². The fourth-order valence-electron chi connectivity index (χ4n) is 2.41. The Hall–Kier alpha value is -1.65. The molecule has 1 atom stereocenters. The second kappa shape index (κ2) is 5.80. The topological polar surface area (TPSA) is 66.3 Å². The van der Waals surface area contributed by atoms with Gasteiger partial charge in [0.15, 0.2) is 5.82 Å². The molecule has 0 amide bonds. The van der Waals surface area contributed by atoms with E-state index < -0.39 is 5.97 Å². The highest BCUT2D eigenvalue weighted by molar-refractivity contribution is 5.68. The molecule has 2 heterocycles. The van der Waals surface area contributed by atoms with Gasteiger partial charge in [0.1, 0.15) is 0 Å². The summed E-state index contributed by atoms with van der Waals surface area (Å²) in [6.45, 7) is 2.91. The maximum Gasteiger partial charge on any atom is 0.305 e. The first-order valence-electron chi connectivity index (χ1n) is 6.51. The van der Waals surface area contributed by atoms with E-state index in [0.29, 0.717) is 0 Å². The summed E-state index contributed by atoms with van der Waals surface area (Å²) in [4.78, 5) is 13.0. The van der Waals surface area contributed by atoms with Crippen molar-refractivity contribution in [2.75, 3.05) is 11.4 Å². The zero-order valence-electron chi connectivity index (χ0n) is 10.7. The second-order valence-corrected chi connectivity index (χ2v) is 4.68. The molecule has 1 aromatic heterocycles. The highest BCUT2D eigenvalue weighted by Crippen LogP contribution is 2.24. The third kappa shape index (κ3) is 2.97. The number of piperidine rings is 1. The van der Waals surface area contributed by atoms with Gasteiger partial charge in [0.05, 0.1) is 12.1 Å². The summed E-state index contributed by atoms with van der Waals surface area (Å²) >= 11 is 0. The number of rotatable bonds is 4. The van der Waals surface area contributed by atoms with E-state index in [0.717, 1.165) is 43.7 Å². The lowest BCUT2D eigenvalue weighted by atomic mass is 9.99. The summed E-state index contributed by atoms with van der Waals surface area (Å²) in [7, 11) is 0. The SMILES string of the molecule is CCc1ccc(N2CCCCC2CC(=O)O)nn1. The van der Waals surface area contributed by atoms with E-state index in [1.807, 2.05) is 19.1 Å². The molecule has 0 radical (unpaired) electrons. The molecule has 1 fully saturated rings. The average Bonchev–Trinajstić information content (AvgIpc) is 2.39. The Balaban J connectivity index is 2.13. The predicted octanol–water partition coefficient (Wildman–Crippen LogP) is 1.87. The predicted molar refractivity (Wildman–Crippen MR) is 68.6 cm³/mol. The fourth-order valence-corrected chi connectivity index (χ4v) is 2.41. The Kier molecular flexibility index (Phi) is 4.12. The number of carboxylic acid groups (broad SMARTS) is 1. The third-order valence-electron chi connectivity index (χ3n) is 3.40. The van der Waals surface area contributed by atoms with Gasteiger partial charge in [0.25, 0.3) is 0 Å². The maximum atomic E-state index is 10.9. The van der Waals surface area contributed by atoms with E-state index in [1.54, 1.807) is 0 Å². The van der Waals surface area contributed by atoms with Crippen molar-refractivity contribution in [2.24, 2.45) is 0 Å². The summed E-state index contributed by atoms with van der Waals surface area (Å²) < 4.78 is 0. The molecule has 0 aliphatic carbocycles. The van der Waals surface area contributed by atoms with Crippen LogP contribution in [0, 0.1) is 0 Å². The molecule has 1 unspecified atom stereocenters. The van der Waals surface area contributed by atoms with Crippen LogP contribution in [-0.4, -0.2) is 33.9 Å². The summed E-state index contributed by atoms with van der Waals surface area (Å²) in [5, 5.41) is 17.3. The van der Waals surface area contributed by atoms with Crippen LogP contribution in [0.5, 0.6) is 0 Å². The van der Waals surface area contributed by atoms with Gasteiger partial charge in [0.2, 0.25) is 0 Å². The van der Waals surface area contributed by atoms with Crippen molar-refractivity contribution in [1.82, 2.24) is 10.2 Å². The number of aliphatic carboxylic acids is 1. The minimum atomic E-state index is -0.745. The smallest absolute Gasteiger partial charge is 0.305 e. The van der Waals surface area contributed by atoms with Crippen LogP contribution >= 0.6 is 0 Å². The van der Waals surface area contributed by atoms with Crippen LogP contribution in [-0.2, 0) is 11.2 Å². The molecule has 1 aliphatic heterocycles. The molecule has 5 heteroatoms. The normalized spacial score (nSPS) is 19.8. The monoisotopic (exact) mass is 249 g/mol. The van der Waals surface area contributed by atoms with Gasteiger partial charge in [-0.25, -0.2) is 0 Å². The number of aromatic nitrogens is 2. The number of carboxylic acids is 1. The van der Waals surface area contributed by atoms with Gasteiger partial charge >= 0.3 is 5.97 Å². The third-order valence-corrected chi connectivity index (χ3v) is 3.40. The van der Waals surface area contributed by atoms with E-state index >= 15 is 0 Å². The molecule has 5 nitrogen and oxygen atoms in total. The summed E-state index contributed by atoms with van der Waals surface area (Å²) in [5.74, 6) is 0.0585. The number of hydrogen-bond donors (Lipinski definition) is 1. The number of anilines is 1. The van der Waals surface area contributed by atoms with Crippen LogP contribution < -0.4 is 4.90 Å². The standard InChI is InChI=1S/C13H19N3O2/c1-2-10-6-7-12(15-14-10)16-8-4-3-5-11(16)9-13(17)18/h6-7,11H,2-5,8-9H2,1H3,(H,17,18). The molecule has 0 bridgehead atoms. The maximum absolute atomic E-state index is 10.9. The van der Waals surface area contributed by atoms with Crippen LogP contribution in [0.3, 0.4) is 0 Å². The second-order valence-electron chi connectivity index (χ2n) is 4.68. The van der Waals surface area contributed by atoms with Gasteiger partial charge in [0, 0.05) is 12.6 Å². The first-order valence-corrected chi connectivity index (χ1v) is 6.51. The van der Waals surface area contributed by atoms with Crippen molar-refractivity contribution >= 4 is 11.8 Å². The van der Waals surface area contributed by atoms with Gasteiger partial charge in [-0.15, -0.1) is 5.10 Å². The lowest BCUT2D eigenvalue weighted by Crippen LogP contribution is -2.41. The van der Waals surface area contributed by atoms with Gasteiger partial charge in [-0.1, -0.05) is 6.92 Å². The molecule has 18 heavy (non-hydrogen) atoms. The average molecular weight is 249 g/mol. The molecule has 0 saturated carbocycles. The first-order chi connectivity index (χ1) is 8.70. The molecule has 1 saturated heterocycles. The Bertz CT molecular complexity index is 405. The van der Waals surface area contributed by atoms with Gasteiger partial charge < -0.3 is 10.0 Å². The van der Waals surface area contributed by atoms with Crippen molar-refractivity contribution < 1.29 is 9.90 Å². The van der Waals surface area contributed by atoms with Crippen LogP contribution in [0.1, 0.15) is 38.3 Å². The largest absolute Gasteiger partial charge is 0.481 e. The molecule has 0 spiro atoms. The molecule has 2 rings (SSSR count). The number of hydrogen-bond acceptors (Lipinski definition) is 4. The molecule has 1 aliphatic rings. The molecular formula is C13H19N3O2. The van der Waals surface area contributed by atoms with Crippen LogP contribution in [0.25, 0.3) is 0 Å².